The van der Waals surface area contributed by atoms with Crippen LogP contribution >= 0.6 is 11.3 Å². The summed E-state index contributed by atoms with van der Waals surface area (Å²) in [6, 6.07) is 15.9. The first-order valence-corrected chi connectivity index (χ1v) is 11.3. The molecule has 2 aromatic carbocycles. The Labute approximate surface area is 181 Å². The summed E-state index contributed by atoms with van der Waals surface area (Å²) in [5.41, 5.74) is 0.947. The number of piperazine rings is 1. The van der Waals surface area contributed by atoms with Gasteiger partial charge in [0.15, 0.2) is 6.23 Å². The predicted octanol–water partition coefficient (Wildman–Crippen LogP) is 3.39. The zero-order valence-corrected chi connectivity index (χ0v) is 18.3. The molecular weight excluding hydrogens is 398 g/mol. The largest absolute Gasteiger partial charge is 0.492 e. The van der Waals surface area contributed by atoms with Gasteiger partial charge in [0, 0.05) is 38.8 Å². The Balaban J connectivity index is 1.29. The number of thiazole rings is 1. The van der Waals surface area contributed by atoms with Crippen LogP contribution in [0.3, 0.4) is 0 Å². The van der Waals surface area contributed by atoms with Gasteiger partial charge in [-0.05, 0) is 38.1 Å². The summed E-state index contributed by atoms with van der Waals surface area (Å²) in [5.74, 6) is 1.66. The second kappa shape index (κ2) is 9.75. The topological polar surface area (TPSA) is 58.1 Å². The second-order valence-electron chi connectivity index (χ2n) is 7.65. The van der Waals surface area contributed by atoms with Gasteiger partial charge in [0.05, 0.1) is 15.2 Å². The van der Waals surface area contributed by atoms with Crippen molar-refractivity contribution in [1.29, 1.82) is 0 Å². The summed E-state index contributed by atoms with van der Waals surface area (Å²) in [6.45, 7) is 8.91. The van der Waals surface area contributed by atoms with Crippen molar-refractivity contribution >= 4 is 21.6 Å². The van der Waals surface area contributed by atoms with Crippen molar-refractivity contribution in [2.45, 2.75) is 26.2 Å². The first-order valence-electron chi connectivity index (χ1n) is 10.4. The second-order valence-corrected chi connectivity index (χ2v) is 8.89. The number of benzene rings is 2. The van der Waals surface area contributed by atoms with Crippen molar-refractivity contribution in [1.82, 2.24) is 14.8 Å². The number of aliphatic hydroxyl groups is 1. The highest BCUT2D eigenvalue weighted by Crippen LogP contribution is 2.27. The fourth-order valence-electron chi connectivity index (χ4n) is 3.76. The molecule has 3 aromatic rings. The maximum absolute atomic E-state index is 10.4. The van der Waals surface area contributed by atoms with E-state index in [1.165, 1.54) is 0 Å². The molecular formula is C23H29N3O3S. The summed E-state index contributed by atoms with van der Waals surface area (Å²) in [4.78, 5) is 9.15. The molecule has 6 nitrogen and oxygen atoms in total. The molecule has 30 heavy (non-hydrogen) atoms. The van der Waals surface area contributed by atoms with Crippen LogP contribution in [0.25, 0.3) is 10.2 Å². The van der Waals surface area contributed by atoms with E-state index in [4.69, 9.17) is 9.47 Å². The fraction of sp³-hybridized carbons (Fsp3) is 0.435. The summed E-state index contributed by atoms with van der Waals surface area (Å²) in [7, 11) is 0. The van der Waals surface area contributed by atoms with Crippen molar-refractivity contribution in [2.24, 2.45) is 0 Å². The Kier molecular flexibility index (Phi) is 6.84. The molecule has 1 saturated heterocycles. The zero-order valence-electron chi connectivity index (χ0n) is 17.5. The molecule has 0 aliphatic carbocycles. The number of hydrogen-bond acceptors (Lipinski definition) is 7. The Morgan fingerprint density at radius 3 is 2.57 bits per heavy atom. The van der Waals surface area contributed by atoms with Gasteiger partial charge in [-0.25, -0.2) is 4.98 Å². The molecule has 1 unspecified atom stereocenters. The highest BCUT2D eigenvalue weighted by molar-refractivity contribution is 7.18. The van der Waals surface area contributed by atoms with Gasteiger partial charge in [-0.1, -0.05) is 18.2 Å². The minimum absolute atomic E-state index is 0.370. The van der Waals surface area contributed by atoms with Gasteiger partial charge in [-0.3, -0.25) is 9.80 Å². The van der Waals surface area contributed by atoms with E-state index in [9.17, 15) is 5.11 Å². The van der Waals surface area contributed by atoms with Crippen molar-refractivity contribution in [3.05, 3.63) is 53.5 Å². The van der Waals surface area contributed by atoms with Crippen molar-refractivity contribution < 1.29 is 14.6 Å². The Hall–Kier alpha value is -2.19. The molecule has 0 bridgehead atoms. The molecule has 7 heteroatoms. The smallest absolute Gasteiger partial charge is 0.178 e. The minimum atomic E-state index is -0.592. The molecule has 1 aliphatic heterocycles. The summed E-state index contributed by atoms with van der Waals surface area (Å²) < 4.78 is 13.2. The number of aromatic nitrogens is 1. The predicted molar refractivity (Wildman–Crippen MR) is 120 cm³/mol. The van der Waals surface area contributed by atoms with Crippen LogP contribution in [0.1, 0.15) is 11.9 Å². The molecule has 1 N–H and O–H groups in total. The van der Waals surface area contributed by atoms with E-state index in [-0.39, 0.29) is 6.23 Å². The average Bonchev–Trinajstić information content (AvgIpc) is 3.12. The molecule has 4 rings (SSSR count). The van der Waals surface area contributed by atoms with Crippen LogP contribution in [-0.2, 0) is 0 Å². The van der Waals surface area contributed by atoms with Gasteiger partial charge in [0.1, 0.15) is 24.2 Å². The van der Waals surface area contributed by atoms with Crippen molar-refractivity contribution in [3.8, 4) is 11.5 Å². The number of nitrogens with zero attached hydrogens (tertiary/aromatic N) is 3. The van der Waals surface area contributed by atoms with Crippen LogP contribution in [0.5, 0.6) is 11.5 Å². The Morgan fingerprint density at radius 2 is 1.83 bits per heavy atom. The lowest BCUT2D eigenvalue weighted by atomic mass is 10.2. The zero-order chi connectivity index (χ0) is 20.9. The summed E-state index contributed by atoms with van der Waals surface area (Å²) in [5, 5.41) is 11.4. The van der Waals surface area contributed by atoms with E-state index < -0.39 is 6.10 Å². The van der Waals surface area contributed by atoms with E-state index in [2.05, 4.69) is 14.8 Å². The first kappa shape index (κ1) is 21.1. The van der Waals surface area contributed by atoms with Gasteiger partial charge < -0.3 is 14.6 Å². The third-order valence-electron chi connectivity index (χ3n) is 5.32. The molecule has 160 valence electrons. The third kappa shape index (κ3) is 5.29. The van der Waals surface area contributed by atoms with Gasteiger partial charge >= 0.3 is 0 Å². The number of fused-ring (bicyclic) bond motifs is 1. The monoisotopic (exact) mass is 427 g/mol. The molecule has 0 amide bonds. The lowest BCUT2D eigenvalue weighted by Crippen LogP contribution is -2.55. The van der Waals surface area contributed by atoms with Crippen LogP contribution in [0.2, 0.25) is 0 Å². The quantitative estimate of drug-likeness (QED) is 0.595. The number of aliphatic hydroxyl groups excluding tert-OH is 1. The number of hydrogen-bond donors (Lipinski definition) is 1. The molecule has 1 aromatic heterocycles. The third-order valence-corrected chi connectivity index (χ3v) is 6.27. The lowest BCUT2D eigenvalue weighted by molar-refractivity contribution is -0.0749. The molecule has 2 heterocycles. The normalized spacial score (nSPS) is 17.7. The first-order chi connectivity index (χ1) is 14.6. The van der Waals surface area contributed by atoms with Crippen molar-refractivity contribution in [2.75, 3.05) is 39.3 Å². The van der Waals surface area contributed by atoms with E-state index in [1.807, 2.05) is 55.5 Å². The number of aryl methyl sites for hydroxylation is 1. The van der Waals surface area contributed by atoms with E-state index >= 15 is 0 Å². The number of ether oxygens (including phenoxy) is 2. The van der Waals surface area contributed by atoms with E-state index in [1.54, 1.807) is 18.3 Å². The van der Waals surface area contributed by atoms with Gasteiger partial charge in [-0.15, -0.1) is 11.3 Å². The van der Waals surface area contributed by atoms with Gasteiger partial charge in [0.25, 0.3) is 0 Å². The molecule has 1 aliphatic rings. The number of rotatable bonds is 8. The standard InChI is InChI=1S/C23H29N3O3S/c1-17(27)23(29-20-8-9-22-21(16-20)24-18(2)30-22)26-12-10-25(11-13-26)14-15-28-19-6-4-3-5-7-19/h3-9,16-17,23,27H,10-15H2,1-2H3/t17-,23?/m1/s1. The maximum Gasteiger partial charge on any atom is 0.178 e. The highest BCUT2D eigenvalue weighted by atomic mass is 32.1. The average molecular weight is 428 g/mol. The maximum atomic E-state index is 10.4. The van der Waals surface area contributed by atoms with E-state index in [0.717, 1.165) is 59.4 Å². The summed E-state index contributed by atoms with van der Waals surface area (Å²) in [6.07, 6.45) is -0.962. The highest BCUT2D eigenvalue weighted by Gasteiger charge is 2.28. The lowest BCUT2D eigenvalue weighted by Gasteiger charge is -2.40. The van der Waals surface area contributed by atoms with Gasteiger partial charge in [-0.2, -0.15) is 0 Å². The van der Waals surface area contributed by atoms with Crippen LogP contribution < -0.4 is 9.47 Å². The Morgan fingerprint density at radius 1 is 1.07 bits per heavy atom. The minimum Gasteiger partial charge on any atom is -0.492 e. The van der Waals surface area contributed by atoms with Crippen LogP contribution in [0, 0.1) is 6.92 Å². The SMILES string of the molecule is Cc1nc2cc(OC([C@@H](C)O)N3CCN(CCOc4ccccc4)CC3)ccc2s1. The molecule has 1 fully saturated rings. The van der Waals surface area contributed by atoms with Crippen LogP contribution in [0.15, 0.2) is 48.5 Å². The molecule has 2 atom stereocenters. The van der Waals surface area contributed by atoms with Crippen LogP contribution in [-0.4, -0.2) is 71.6 Å². The summed E-state index contributed by atoms with van der Waals surface area (Å²) >= 11 is 1.68. The molecule has 0 spiro atoms. The van der Waals surface area contributed by atoms with Crippen LogP contribution in [0.4, 0.5) is 0 Å². The fourth-order valence-corrected chi connectivity index (χ4v) is 4.57. The Bertz CT molecular complexity index is 939. The molecule has 0 saturated carbocycles. The van der Waals surface area contributed by atoms with Crippen molar-refractivity contribution in [3.63, 3.8) is 0 Å². The van der Waals surface area contributed by atoms with E-state index in [0.29, 0.717) is 6.61 Å². The number of para-hydroxylation sites is 1. The molecule has 0 radical (unpaired) electrons. The van der Waals surface area contributed by atoms with Gasteiger partial charge in [0.2, 0.25) is 0 Å².